The number of amides is 1. The highest BCUT2D eigenvalue weighted by Gasteiger charge is 2.31. The van der Waals surface area contributed by atoms with Crippen molar-refractivity contribution < 1.29 is 22.7 Å². The second kappa shape index (κ2) is 10.6. The summed E-state index contributed by atoms with van der Waals surface area (Å²) in [6.07, 6.45) is -4.53. The van der Waals surface area contributed by atoms with Crippen LogP contribution in [0.25, 0.3) is 22.4 Å². The summed E-state index contributed by atoms with van der Waals surface area (Å²) in [7, 11) is 1.32. The Balaban J connectivity index is 1.37. The normalized spacial score (nSPS) is 11.2. The Labute approximate surface area is 204 Å². The van der Waals surface area contributed by atoms with Gasteiger partial charge in [-0.3, -0.25) is 4.79 Å². The summed E-state index contributed by atoms with van der Waals surface area (Å²) in [6, 6.07) is 24.5. The Bertz CT molecular complexity index is 1300. The van der Waals surface area contributed by atoms with Crippen molar-refractivity contribution in [3.8, 4) is 28.1 Å². The van der Waals surface area contributed by atoms with Crippen molar-refractivity contribution in [1.82, 2.24) is 10.2 Å². The van der Waals surface area contributed by atoms with Crippen LogP contribution in [0.5, 0.6) is 5.75 Å². The van der Waals surface area contributed by atoms with E-state index in [-0.39, 0.29) is 17.2 Å². The van der Waals surface area contributed by atoms with Crippen LogP contribution in [0.3, 0.4) is 0 Å². The molecule has 0 saturated heterocycles. The van der Waals surface area contributed by atoms with E-state index in [4.69, 9.17) is 4.74 Å². The van der Waals surface area contributed by atoms with E-state index in [2.05, 4.69) is 15.5 Å². The van der Waals surface area contributed by atoms with E-state index in [1.807, 2.05) is 54.6 Å². The monoisotopic (exact) mass is 495 g/mol. The van der Waals surface area contributed by atoms with Gasteiger partial charge in [0.2, 0.25) is 5.91 Å². The SMILES string of the molecule is COc1ccc(C(F)(F)F)cc1NC(=O)CSc1ccc(-c2ccc(-c3ccccc3)cc2)nn1. The quantitative estimate of drug-likeness (QED) is 0.294. The molecule has 4 rings (SSSR count). The molecule has 0 spiro atoms. The molecule has 3 aromatic carbocycles. The zero-order valence-corrected chi connectivity index (χ0v) is 19.4. The molecule has 4 aromatic rings. The Morgan fingerprint density at radius 3 is 2.20 bits per heavy atom. The number of methoxy groups -OCH3 is 1. The summed E-state index contributed by atoms with van der Waals surface area (Å²) in [5.74, 6) is -0.409. The lowest BCUT2D eigenvalue weighted by atomic mass is 10.0. The van der Waals surface area contributed by atoms with Gasteiger partial charge in [0.1, 0.15) is 10.8 Å². The number of anilines is 1. The Morgan fingerprint density at radius 1 is 0.886 bits per heavy atom. The predicted octanol–water partition coefficient (Wildman–Crippen LogP) is 6.57. The molecule has 1 amide bonds. The number of thioether (sulfide) groups is 1. The van der Waals surface area contributed by atoms with Gasteiger partial charge in [0.05, 0.1) is 29.8 Å². The summed E-state index contributed by atoms with van der Waals surface area (Å²) in [4.78, 5) is 12.3. The maximum Gasteiger partial charge on any atom is 0.416 e. The van der Waals surface area contributed by atoms with Crippen LogP contribution in [0.4, 0.5) is 18.9 Å². The minimum Gasteiger partial charge on any atom is -0.495 e. The first-order valence-corrected chi connectivity index (χ1v) is 11.5. The first kappa shape index (κ1) is 24.3. The summed E-state index contributed by atoms with van der Waals surface area (Å²) in [5.41, 5.74) is 2.89. The third kappa shape index (κ3) is 6.19. The summed E-state index contributed by atoms with van der Waals surface area (Å²) >= 11 is 1.13. The fourth-order valence-electron chi connectivity index (χ4n) is 3.32. The van der Waals surface area contributed by atoms with Crippen molar-refractivity contribution in [3.63, 3.8) is 0 Å². The maximum atomic E-state index is 13.0. The molecule has 1 N–H and O–H groups in total. The van der Waals surface area contributed by atoms with Crippen LogP contribution in [0, 0.1) is 0 Å². The standard InChI is InChI=1S/C26H20F3N3O2S/c1-34-23-13-11-20(26(27,28)29)15-22(23)30-24(33)16-35-25-14-12-21(31-32-25)19-9-7-18(8-10-19)17-5-3-2-4-6-17/h2-15H,16H2,1H3,(H,30,33). The molecule has 0 saturated carbocycles. The number of nitrogens with one attached hydrogen (secondary N) is 1. The highest BCUT2D eigenvalue weighted by atomic mass is 32.2. The van der Waals surface area contributed by atoms with Crippen molar-refractivity contribution in [2.75, 3.05) is 18.2 Å². The topological polar surface area (TPSA) is 64.1 Å². The molecule has 0 radical (unpaired) electrons. The van der Waals surface area contributed by atoms with Gasteiger partial charge in [-0.05, 0) is 41.5 Å². The second-order valence-electron chi connectivity index (χ2n) is 7.45. The van der Waals surface area contributed by atoms with Crippen molar-refractivity contribution in [2.24, 2.45) is 0 Å². The van der Waals surface area contributed by atoms with Gasteiger partial charge in [-0.2, -0.15) is 13.2 Å². The minimum absolute atomic E-state index is 0.0479. The molecule has 0 aliphatic heterocycles. The number of rotatable bonds is 7. The summed E-state index contributed by atoms with van der Waals surface area (Å²) in [6.45, 7) is 0. The van der Waals surface area contributed by atoms with E-state index in [0.29, 0.717) is 10.7 Å². The lowest BCUT2D eigenvalue weighted by Gasteiger charge is -2.13. The highest BCUT2D eigenvalue weighted by Crippen LogP contribution is 2.35. The summed E-state index contributed by atoms with van der Waals surface area (Å²) < 4.78 is 44.0. The average molecular weight is 496 g/mol. The van der Waals surface area contributed by atoms with Crippen molar-refractivity contribution in [1.29, 1.82) is 0 Å². The Morgan fingerprint density at radius 2 is 1.57 bits per heavy atom. The number of hydrogen-bond donors (Lipinski definition) is 1. The second-order valence-corrected chi connectivity index (χ2v) is 8.45. The van der Waals surface area contributed by atoms with Gasteiger partial charge >= 0.3 is 6.18 Å². The fourth-order valence-corrected chi connectivity index (χ4v) is 3.94. The first-order valence-electron chi connectivity index (χ1n) is 10.5. The molecule has 1 aromatic heterocycles. The van der Waals surface area contributed by atoms with E-state index < -0.39 is 17.6 Å². The molecule has 9 heteroatoms. The number of carbonyl (C=O) groups excluding carboxylic acids is 1. The van der Waals surface area contributed by atoms with E-state index in [1.165, 1.54) is 13.2 Å². The van der Waals surface area contributed by atoms with E-state index >= 15 is 0 Å². The van der Waals surface area contributed by atoms with Crippen LogP contribution in [-0.4, -0.2) is 29.0 Å². The maximum absolute atomic E-state index is 13.0. The lowest BCUT2D eigenvalue weighted by molar-refractivity contribution is -0.137. The van der Waals surface area contributed by atoms with Crippen LogP contribution < -0.4 is 10.1 Å². The summed E-state index contributed by atoms with van der Waals surface area (Å²) in [5, 5.41) is 11.4. The van der Waals surface area contributed by atoms with Gasteiger partial charge in [-0.1, -0.05) is 66.4 Å². The third-order valence-corrected chi connectivity index (χ3v) is 6.00. The Hall–Kier alpha value is -3.85. The molecule has 0 atom stereocenters. The zero-order chi connectivity index (χ0) is 24.8. The van der Waals surface area contributed by atoms with Gasteiger partial charge in [-0.15, -0.1) is 10.2 Å². The van der Waals surface area contributed by atoms with Crippen LogP contribution >= 0.6 is 11.8 Å². The third-order valence-electron chi connectivity index (χ3n) is 5.08. The van der Waals surface area contributed by atoms with Crippen molar-refractivity contribution in [3.05, 3.63) is 90.5 Å². The lowest BCUT2D eigenvalue weighted by Crippen LogP contribution is -2.16. The largest absolute Gasteiger partial charge is 0.495 e. The molecule has 0 aliphatic rings. The number of ether oxygens (including phenoxy) is 1. The number of carbonyl (C=O) groups is 1. The minimum atomic E-state index is -4.53. The van der Waals surface area contributed by atoms with Gasteiger partial charge in [0.25, 0.3) is 0 Å². The number of aromatic nitrogens is 2. The Kier molecular flexibility index (Phi) is 7.36. The number of halogens is 3. The van der Waals surface area contributed by atoms with Crippen LogP contribution in [0.2, 0.25) is 0 Å². The molecule has 1 heterocycles. The molecule has 5 nitrogen and oxygen atoms in total. The molecule has 35 heavy (non-hydrogen) atoms. The van der Waals surface area contributed by atoms with Crippen molar-refractivity contribution in [2.45, 2.75) is 11.2 Å². The smallest absolute Gasteiger partial charge is 0.416 e. The van der Waals surface area contributed by atoms with Crippen molar-refractivity contribution >= 4 is 23.4 Å². The number of hydrogen-bond acceptors (Lipinski definition) is 5. The molecule has 0 aliphatic carbocycles. The highest BCUT2D eigenvalue weighted by molar-refractivity contribution is 7.99. The molecule has 0 unspecified atom stereocenters. The average Bonchev–Trinajstić information content (AvgIpc) is 2.88. The zero-order valence-electron chi connectivity index (χ0n) is 18.5. The van der Waals surface area contributed by atoms with Gasteiger partial charge in [0.15, 0.2) is 0 Å². The molecular weight excluding hydrogens is 475 g/mol. The molecule has 0 fully saturated rings. The molecule has 178 valence electrons. The number of alkyl halides is 3. The van der Waals surface area contributed by atoms with Crippen LogP contribution in [-0.2, 0) is 11.0 Å². The molecular formula is C26H20F3N3O2S. The van der Waals surface area contributed by atoms with Gasteiger partial charge in [0, 0.05) is 5.56 Å². The van der Waals surface area contributed by atoms with Gasteiger partial charge < -0.3 is 10.1 Å². The van der Waals surface area contributed by atoms with Gasteiger partial charge in [-0.25, -0.2) is 0 Å². The van der Waals surface area contributed by atoms with E-state index in [9.17, 15) is 18.0 Å². The fraction of sp³-hybridized carbons (Fsp3) is 0.115. The first-order chi connectivity index (χ1) is 16.8. The number of nitrogens with zero attached hydrogens (tertiary/aromatic N) is 2. The van der Waals surface area contributed by atoms with E-state index in [0.717, 1.165) is 40.6 Å². The molecule has 0 bridgehead atoms. The van der Waals surface area contributed by atoms with E-state index in [1.54, 1.807) is 12.1 Å². The number of benzene rings is 3. The van der Waals surface area contributed by atoms with Crippen LogP contribution in [0.1, 0.15) is 5.56 Å². The predicted molar refractivity (Wildman–Crippen MR) is 130 cm³/mol. The van der Waals surface area contributed by atoms with Crippen LogP contribution in [0.15, 0.2) is 90.0 Å².